The van der Waals surface area contributed by atoms with Crippen LogP contribution in [0.2, 0.25) is 0 Å². The van der Waals surface area contributed by atoms with E-state index >= 15 is 0 Å². The number of aliphatic carboxylic acids is 1. The van der Waals surface area contributed by atoms with Crippen molar-refractivity contribution in [2.24, 2.45) is 5.92 Å². The first kappa shape index (κ1) is 13.9. The van der Waals surface area contributed by atoms with Gasteiger partial charge in [0.05, 0.1) is 5.92 Å². The molecule has 3 aromatic rings. The lowest BCUT2D eigenvalue weighted by atomic mass is 10.0. The molecule has 3 heterocycles. The lowest BCUT2D eigenvalue weighted by Crippen LogP contribution is -2.13. The van der Waals surface area contributed by atoms with Gasteiger partial charge in [0.25, 0.3) is 0 Å². The van der Waals surface area contributed by atoms with Crippen molar-refractivity contribution in [3.63, 3.8) is 0 Å². The summed E-state index contributed by atoms with van der Waals surface area (Å²) in [4.78, 5) is 23.3. The number of fused-ring (bicyclic) bond motifs is 2. The highest BCUT2D eigenvalue weighted by molar-refractivity contribution is 5.84. The fraction of sp³-hybridized carbons (Fsp3) is 0.278. The largest absolute Gasteiger partial charge is 0.481 e. The van der Waals surface area contributed by atoms with Crippen LogP contribution in [0.5, 0.6) is 0 Å². The number of aromatic amines is 1. The zero-order valence-corrected chi connectivity index (χ0v) is 12.8. The van der Waals surface area contributed by atoms with Crippen molar-refractivity contribution in [2.75, 3.05) is 0 Å². The average molecular weight is 307 g/mol. The minimum atomic E-state index is -0.743. The fourth-order valence-corrected chi connectivity index (χ4v) is 3.31. The van der Waals surface area contributed by atoms with E-state index in [2.05, 4.69) is 34.0 Å². The third-order valence-electron chi connectivity index (χ3n) is 4.65. The summed E-state index contributed by atoms with van der Waals surface area (Å²) in [5, 5.41) is 10.3. The lowest BCUT2D eigenvalue weighted by molar-refractivity contribution is -0.141. The third kappa shape index (κ3) is 2.29. The van der Waals surface area contributed by atoms with Gasteiger partial charge in [0.1, 0.15) is 5.65 Å². The van der Waals surface area contributed by atoms with Gasteiger partial charge in [-0.3, -0.25) is 9.78 Å². The van der Waals surface area contributed by atoms with E-state index in [9.17, 15) is 9.90 Å². The molecule has 0 bridgehead atoms. The van der Waals surface area contributed by atoms with Crippen LogP contribution in [0.25, 0.3) is 22.2 Å². The Kier molecular flexibility index (Phi) is 3.15. The van der Waals surface area contributed by atoms with Crippen LogP contribution in [0.1, 0.15) is 23.7 Å². The number of carboxylic acid groups (broad SMARTS) is 1. The van der Waals surface area contributed by atoms with Crippen LogP contribution in [-0.4, -0.2) is 26.0 Å². The summed E-state index contributed by atoms with van der Waals surface area (Å²) in [7, 11) is 0. The van der Waals surface area contributed by atoms with E-state index in [0.29, 0.717) is 12.8 Å². The van der Waals surface area contributed by atoms with Crippen molar-refractivity contribution in [3.8, 4) is 11.1 Å². The second-order valence-corrected chi connectivity index (χ2v) is 6.06. The van der Waals surface area contributed by atoms with Gasteiger partial charge in [0.15, 0.2) is 0 Å². The number of hydrogen-bond donors (Lipinski definition) is 2. The molecule has 116 valence electrons. The van der Waals surface area contributed by atoms with Crippen molar-refractivity contribution in [1.29, 1.82) is 0 Å². The molecular weight excluding hydrogens is 290 g/mol. The molecule has 0 spiro atoms. The van der Waals surface area contributed by atoms with Crippen molar-refractivity contribution in [1.82, 2.24) is 15.0 Å². The highest BCUT2D eigenvalue weighted by Crippen LogP contribution is 2.30. The van der Waals surface area contributed by atoms with E-state index in [1.54, 1.807) is 0 Å². The maximum Gasteiger partial charge on any atom is 0.307 e. The predicted molar refractivity (Wildman–Crippen MR) is 87.2 cm³/mol. The number of aryl methyl sites for hydroxylation is 1. The van der Waals surface area contributed by atoms with Gasteiger partial charge in [-0.05, 0) is 36.1 Å². The normalized spacial score (nSPS) is 16.7. The average Bonchev–Trinajstić information content (AvgIpc) is 3.17. The Labute approximate surface area is 133 Å². The highest BCUT2D eigenvalue weighted by atomic mass is 16.4. The number of H-pyrrole nitrogens is 1. The molecule has 23 heavy (non-hydrogen) atoms. The Bertz CT molecular complexity index is 914. The number of carboxylic acids is 1. The number of pyridine rings is 2. The first-order valence-electron chi connectivity index (χ1n) is 7.82. The summed E-state index contributed by atoms with van der Waals surface area (Å²) in [6.07, 6.45) is 7.70. The minimum absolute atomic E-state index is 0.343. The van der Waals surface area contributed by atoms with Gasteiger partial charge in [-0.2, -0.15) is 0 Å². The molecule has 0 amide bonds. The third-order valence-corrected chi connectivity index (χ3v) is 4.65. The lowest BCUT2D eigenvalue weighted by Gasteiger charge is -2.05. The highest BCUT2D eigenvalue weighted by Gasteiger charge is 2.28. The second kappa shape index (κ2) is 5.19. The number of aromatic nitrogens is 3. The molecule has 2 N–H and O–H groups in total. The molecule has 1 atom stereocenters. The SMILES string of the molecule is CCc1c[nH]c2ncc(-c3cnc4c(c3)CC(C(=O)O)C4)cc12. The van der Waals surface area contributed by atoms with Gasteiger partial charge >= 0.3 is 5.97 Å². The Morgan fingerprint density at radius 3 is 2.83 bits per heavy atom. The van der Waals surface area contributed by atoms with Crippen molar-refractivity contribution in [2.45, 2.75) is 26.2 Å². The van der Waals surface area contributed by atoms with E-state index in [1.165, 1.54) is 5.56 Å². The molecule has 4 rings (SSSR count). The van der Waals surface area contributed by atoms with Crippen LogP contribution in [0.4, 0.5) is 0 Å². The van der Waals surface area contributed by atoms with Crippen LogP contribution in [0.15, 0.2) is 30.7 Å². The van der Waals surface area contributed by atoms with Gasteiger partial charge in [-0.15, -0.1) is 0 Å². The van der Waals surface area contributed by atoms with Crippen LogP contribution < -0.4 is 0 Å². The van der Waals surface area contributed by atoms with Gasteiger partial charge in [-0.25, -0.2) is 4.98 Å². The maximum absolute atomic E-state index is 11.2. The first-order chi connectivity index (χ1) is 11.2. The monoisotopic (exact) mass is 307 g/mol. The van der Waals surface area contributed by atoms with Gasteiger partial charge in [0, 0.05) is 47.2 Å². The standard InChI is InChI=1S/C18H17N3O2/c1-2-10-7-20-17-15(10)5-14(9-21-17)13-4-11-3-12(18(22)23)6-16(11)19-8-13/h4-5,7-9,12H,2-3,6H2,1H3,(H,20,21)(H,22,23). The molecule has 1 unspecified atom stereocenters. The summed E-state index contributed by atoms with van der Waals surface area (Å²) < 4.78 is 0. The minimum Gasteiger partial charge on any atom is -0.481 e. The first-order valence-corrected chi connectivity index (χ1v) is 7.82. The van der Waals surface area contributed by atoms with Crippen molar-refractivity contribution < 1.29 is 9.90 Å². The van der Waals surface area contributed by atoms with Crippen LogP contribution in [-0.2, 0) is 24.1 Å². The van der Waals surface area contributed by atoms with Crippen LogP contribution in [0.3, 0.4) is 0 Å². The zero-order valence-electron chi connectivity index (χ0n) is 12.8. The smallest absolute Gasteiger partial charge is 0.307 e. The number of nitrogens with one attached hydrogen (secondary N) is 1. The topological polar surface area (TPSA) is 78.9 Å². The number of hydrogen-bond acceptors (Lipinski definition) is 3. The van der Waals surface area contributed by atoms with E-state index in [4.69, 9.17) is 0 Å². The summed E-state index contributed by atoms with van der Waals surface area (Å²) in [6, 6.07) is 4.19. The maximum atomic E-state index is 11.2. The number of nitrogens with zero attached hydrogens (tertiary/aromatic N) is 2. The molecule has 0 saturated heterocycles. The quantitative estimate of drug-likeness (QED) is 0.779. The summed E-state index contributed by atoms with van der Waals surface area (Å²) in [6.45, 7) is 2.12. The fourth-order valence-electron chi connectivity index (χ4n) is 3.31. The Morgan fingerprint density at radius 2 is 2.04 bits per heavy atom. The van der Waals surface area contributed by atoms with Crippen molar-refractivity contribution >= 4 is 17.0 Å². The molecule has 1 aliphatic carbocycles. The summed E-state index contributed by atoms with van der Waals surface area (Å²) in [5.41, 5.74) is 6.10. The molecular formula is C18H17N3O2. The molecule has 0 saturated carbocycles. The van der Waals surface area contributed by atoms with Crippen molar-refractivity contribution in [3.05, 3.63) is 47.5 Å². The van der Waals surface area contributed by atoms with E-state index in [-0.39, 0.29) is 5.92 Å². The summed E-state index contributed by atoms with van der Waals surface area (Å²) in [5.74, 6) is -1.09. The molecule has 1 aliphatic rings. The van der Waals surface area contributed by atoms with Crippen LogP contribution >= 0.6 is 0 Å². The Hall–Kier alpha value is -2.69. The van der Waals surface area contributed by atoms with E-state index in [1.807, 2.05) is 18.6 Å². The molecule has 3 aromatic heterocycles. The van der Waals surface area contributed by atoms with Gasteiger partial charge in [-0.1, -0.05) is 6.92 Å². The number of carbonyl (C=O) groups is 1. The molecule has 0 aliphatic heterocycles. The van der Waals surface area contributed by atoms with Gasteiger partial charge in [0.2, 0.25) is 0 Å². The Morgan fingerprint density at radius 1 is 1.26 bits per heavy atom. The molecule has 0 aromatic carbocycles. The van der Waals surface area contributed by atoms with E-state index < -0.39 is 5.97 Å². The van der Waals surface area contributed by atoms with Crippen LogP contribution in [0, 0.1) is 5.92 Å². The zero-order chi connectivity index (χ0) is 16.0. The van der Waals surface area contributed by atoms with Gasteiger partial charge < -0.3 is 10.1 Å². The Balaban J connectivity index is 1.75. The molecule has 0 fully saturated rings. The molecule has 5 heteroatoms. The predicted octanol–water partition coefficient (Wildman–Crippen LogP) is 2.99. The number of rotatable bonds is 3. The molecule has 5 nitrogen and oxygen atoms in total. The molecule has 0 radical (unpaired) electrons. The second-order valence-electron chi connectivity index (χ2n) is 6.06. The summed E-state index contributed by atoms with van der Waals surface area (Å²) >= 11 is 0. The van der Waals surface area contributed by atoms with E-state index in [0.717, 1.165) is 39.8 Å².